The summed E-state index contributed by atoms with van der Waals surface area (Å²) in [4.78, 5) is 2.31. The van der Waals surface area contributed by atoms with Crippen molar-refractivity contribution in [3.8, 4) is 6.07 Å². The lowest BCUT2D eigenvalue weighted by Crippen LogP contribution is -2.30. The minimum Gasteiger partial charge on any atom is -0.302 e. The molecular formula is C15H23N3. The molecule has 0 amide bonds. The van der Waals surface area contributed by atoms with Gasteiger partial charge in [0.2, 0.25) is 0 Å². The summed E-state index contributed by atoms with van der Waals surface area (Å²) < 4.78 is 0. The van der Waals surface area contributed by atoms with Gasteiger partial charge in [-0.3, -0.25) is 0 Å². The highest BCUT2D eigenvalue weighted by Gasteiger charge is 2.03. The Morgan fingerprint density at radius 3 is 2.67 bits per heavy atom. The number of nitrogens with one attached hydrogen (secondary N) is 1. The van der Waals surface area contributed by atoms with Gasteiger partial charge in [0.15, 0.2) is 0 Å². The van der Waals surface area contributed by atoms with E-state index in [1.54, 1.807) is 0 Å². The van der Waals surface area contributed by atoms with Crippen LogP contribution in [0, 0.1) is 11.3 Å². The van der Waals surface area contributed by atoms with Crippen molar-refractivity contribution in [2.24, 2.45) is 0 Å². The van der Waals surface area contributed by atoms with Crippen molar-refractivity contribution in [3.05, 3.63) is 35.9 Å². The van der Waals surface area contributed by atoms with Gasteiger partial charge < -0.3 is 10.2 Å². The molecule has 0 spiro atoms. The molecule has 0 aliphatic heterocycles. The maximum atomic E-state index is 8.81. The van der Waals surface area contributed by atoms with Crippen molar-refractivity contribution in [3.63, 3.8) is 0 Å². The second kappa shape index (κ2) is 8.68. The van der Waals surface area contributed by atoms with E-state index >= 15 is 0 Å². The van der Waals surface area contributed by atoms with Crippen LogP contribution in [-0.4, -0.2) is 31.1 Å². The summed E-state index contributed by atoms with van der Waals surface area (Å²) in [5.41, 5.74) is 1.34. The van der Waals surface area contributed by atoms with E-state index in [4.69, 9.17) is 5.26 Å². The third-order valence-electron chi connectivity index (χ3n) is 2.97. The molecule has 1 aromatic rings. The van der Waals surface area contributed by atoms with E-state index < -0.39 is 0 Å². The lowest BCUT2D eigenvalue weighted by Gasteiger charge is -2.17. The van der Waals surface area contributed by atoms with Gasteiger partial charge in [-0.25, -0.2) is 0 Å². The highest BCUT2D eigenvalue weighted by atomic mass is 15.1. The molecule has 0 fully saturated rings. The van der Waals surface area contributed by atoms with Crippen LogP contribution in [0.4, 0.5) is 0 Å². The van der Waals surface area contributed by atoms with Crippen LogP contribution in [-0.2, 0) is 6.54 Å². The van der Waals surface area contributed by atoms with Gasteiger partial charge in [-0.2, -0.15) is 5.26 Å². The van der Waals surface area contributed by atoms with E-state index in [9.17, 15) is 0 Å². The predicted octanol–water partition coefficient (Wildman–Crippen LogP) is 2.40. The molecule has 0 aliphatic carbocycles. The first-order chi connectivity index (χ1) is 8.76. The second-order valence-electron chi connectivity index (χ2n) is 4.62. The third-order valence-corrected chi connectivity index (χ3v) is 2.97. The zero-order valence-electron chi connectivity index (χ0n) is 11.4. The Bertz CT molecular complexity index is 356. The number of hydrogen-bond donors (Lipinski definition) is 1. The first kappa shape index (κ1) is 14.7. The molecule has 3 nitrogen and oxygen atoms in total. The van der Waals surface area contributed by atoms with Crippen LogP contribution < -0.4 is 5.32 Å². The molecule has 1 unspecified atom stereocenters. The Balaban J connectivity index is 2.14. The van der Waals surface area contributed by atoms with Crippen LogP contribution >= 0.6 is 0 Å². The minimum atomic E-state index is 0.00410. The zero-order valence-corrected chi connectivity index (χ0v) is 11.4. The molecule has 98 valence electrons. The van der Waals surface area contributed by atoms with Crippen LogP contribution in [0.1, 0.15) is 25.3 Å². The Hall–Kier alpha value is -1.37. The fourth-order valence-electron chi connectivity index (χ4n) is 1.88. The molecule has 1 rings (SSSR count). The highest BCUT2D eigenvalue weighted by Crippen LogP contribution is 2.02. The Morgan fingerprint density at radius 1 is 1.33 bits per heavy atom. The predicted molar refractivity (Wildman–Crippen MR) is 75.1 cm³/mol. The molecular weight excluding hydrogens is 222 g/mol. The van der Waals surface area contributed by atoms with Crippen molar-refractivity contribution in [2.75, 3.05) is 20.1 Å². The quantitative estimate of drug-likeness (QED) is 0.715. The van der Waals surface area contributed by atoms with E-state index in [2.05, 4.69) is 47.6 Å². The monoisotopic (exact) mass is 245 g/mol. The number of hydrogen-bond acceptors (Lipinski definition) is 3. The van der Waals surface area contributed by atoms with E-state index in [0.29, 0.717) is 0 Å². The number of nitriles is 1. The van der Waals surface area contributed by atoms with Crippen molar-refractivity contribution >= 4 is 0 Å². The molecule has 0 heterocycles. The summed E-state index contributed by atoms with van der Waals surface area (Å²) in [6.07, 6.45) is 1.94. The SMILES string of the molecule is CCC(C#N)NCCCN(C)Cc1ccccc1. The largest absolute Gasteiger partial charge is 0.302 e. The Kier molecular flexibility index (Phi) is 7.09. The fraction of sp³-hybridized carbons (Fsp3) is 0.533. The van der Waals surface area contributed by atoms with Crippen LogP contribution in [0.25, 0.3) is 0 Å². The van der Waals surface area contributed by atoms with Gasteiger partial charge in [0.1, 0.15) is 0 Å². The molecule has 0 radical (unpaired) electrons. The van der Waals surface area contributed by atoms with Crippen LogP contribution in [0.2, 0.25) is 0 Å². The summed E-state index contributed by atoms with van der Waals surface area (Å²) in [6, 6.07) is 12.7. The summed E-state index contributed by atoms with van der Waals surface area (Å²) >= 11 is 0. The molecule has 0 aliphatic rings. The van der Waals surface area contributed by atoms with Gasteiger partial charge >= 0.3 is 0 Å². The maximum absolute atomic E-state index is 8.81. The lowest BCUT2D eigenvalue weighted by molar-refractivity contribution is 0.318. The zero-order chi connectivity index (χ0) is 13.2. The normalized spacial score (nSPS) is 12.3. The Labute approximate surface area is 110 Å². The van der Waals surface area contributed by atoms with Crippen LogP contribution in [0.15, 0.2) is 30.3 Å². The first-order valence-corrected chi connectivity index (χ1v) is 6.61. The average Bonchev–Trinajstić information content (AvgIpc) is 2.40. The minimum absolute atomic E-state index is 0.00410. The highest BCUT2D eigenvalue weighted by molar-refractivity contribution is 5.14. The molecule has 3 heteroatoms. The number of rotatable bonds is 8. The molecule has 1 atom stereocenters. The van der Waals surface area contributed by atoms with Crippen molar-refractivity contribution in [1.29, 1.82) is 5.26 Å². The third kappa shape index (κ3) is 5.81. The molecule has 0 saturated carbocycles. The van der Waals surface area contributed by atoms with E-state index in [1.807, 2.05) is 13.0 Å². The fourth-order valence-corrected chi connectivity index (χ4v) is 1.88. The van der Waals surface area contributed by atoms with Gasteiger partial charge in [-0.15, -0.1) is 0 Å². The van der Waals surface area contributed by atoms with E-state index in [0.717, 1.165) is 32.5 Å². The maximum Gasteiger partial charge on any atom is 0.0950 e. The van der Waals surface area contributed by atoms with Crippen molar-refractivity contribution < 1.29 is 0 Å². The van der Waals surface area contributed by atoms with Crippen LogP contribution in [0.3, 0.4) is 0 Å². The molecule has 18 heavy (non-hydrogen) atoms. The second-order valence-corrected chi connectivity index (χ2v) is 4.62. The first-order valence-electron chi connectivity index (χ1n) is 6.61. The average molecular weight is 245 g/mol. The van der Waals surface area contributed by atoms with Gasteiger partial charge in [-0.1, -0.05) is 37.3 Å². The molecule has 1 N–H and O–H groups in total. The standard InChI is InChI=1S/C15H23N3/c1-3-15(12-16)17-10-7-11-18(2)13-14-8-5-4-6-9-14/h4-6,8-9,15,17H,3,7,10-11,13H2,1-2H3. The summed E-state index contributed by atoms with van der Waals surface area (Å²) in [5, 5.41) is 12.1. The van der Waals surface area contributed by atoms with Gasteiger partial charge in [0, 0.05) is 6.54 Å². The smallest absolute Gasteiger partial charge is 0.0950 e. The Morgan fingerprint density at radius 2 is 2.06 bits per heavy atom. The van der Waals surface area contributed by atoms with E-state index in [-0.39, 0.29) is 6.04 Å². The van der Waals surface area contributed by atoms with Crippen LogP contribution in [0.5, 0.6) is 0 Å². The topological polar surface area (TPSA) is 39.1 Å². The number of nitrogens with zero attached hydrogens (tertiary/aromatic N) is 2. The van der Waals surface area contributed by atoms with Gasteiger partial charge in [-0.05, 0) is 38.5 Å². The summed E-state index contributed by atoms with van der Waals surface area (Å²) in [5.74, 6) is 0. The molecule has 1 aromatic carbocycles. The number of benzene rings is 1. The molecule has 0 saturated heterocycles. The van der Waals surface area contributed by atoms with Gasteiger partial charge in [0.05, 0.1) is 12.1 Å². The summed E-state index contributed by atoms with van der Waals surface area (Å²) in [7, 11) is 2.13. The lowest BCUT2D eigenvalue weighted by atomic mass is 10.2. The van der Waals surface area contributed by atoms with E-state index in [1.165, 1.54) is 5.56 Å². The van der Waals surface area contributed by atoms with Gasteiger partial charge in [0.25, 0.3) is 0 Å². The molecule has 0 bridgehead atoms. The molecule has 0 aromatic heterocycles. The van der Waals surface area contributed by atoms with Crippen molar-refractivity contribution in [2.45, 2.75) is 32.4 Å². The van der Waals surface area contributed by atoms with Crippen molar-refractivity contribution in [1.82, 2.24) is 10.2 Å². The summed E-state index contributed by atoms with van der Waals surface area (Å²) in [6.45, 7) is 4.97.